The number of anilines is 1. The highest BCUT2D eigenvalue weighted by Gasteiger charge is 2.29. The van der Waals surface area contributed by atoms with Crippen molar-refractivity contribution in [2.45, 2.75) is 6.42 Å². The van der Waals surface area contributed by atoms with Crippen molar-refractivity contribution in [1.82, 2.24) is 15.5 Å². The molecule has 1 aliphatic rings. The molecule has 2 N–H and O–H groups in total. The Morgan fingerprint density at radius 3 is 2.72 bits per heavy atom. The van der Waals surface area contributed by atoms with Gasteiger partial charge in [-0.2, -0.15) is 5.10 Å². The van der Waals surface area contributed by atoms with Crippen LogP contribution in [0, 0.1) is 5.82 Å². The Labute approximate surface area is 167 Å². The molecule has 0 radical (unpaired) electrons. The lowest BCUT2D eigenvalue weighted by Crippen LogP contribution is -2.37. The van der Waals surface area contributed by atoms with E-state index in [1.54, 1.807) is 6.07 Å². The maximum atomic E-state index is 13.1. The van der Waals surface area contributed by atoms with Crippen molar-refractivity contribution in [2.24, 2.45) is 0 Å². The second kappa shape index (κ2) is 7.67. The third kappa shape index (κ3) is 3.86. The van der Waals surface area contributed by atoms with Crippen molar-refractivity contribution in [1.29, 1.82) is 0 Å². The highest BCUT2D eigenvalue weighted by molar-refractivity contribution is 7.92. The van der Waals surface area contributed by atoms with E-state index in [2.05, 4.69) is 15.5 Å². The van der Waals surface area contributed by atoms with Crippen LogP contribution < -0.4 is 9.62 Å². The topological polar surface area (TPSA) is 95.2 Å². The number of H-pyrrole nitrogens is 1. The van der Waals surface area contributed by atoms with Gasteiger partial charge in [-0.15, -0.1) is 0 Å². The first-order valence-electron chi connectivity index (χ1n) is 9.11. The van der Waals surface area contributed by atoms with Crippen molar-refractivity contribution in [3.63, 3.8) is 0 Å². The number of carbonyl (C=O) groups is 1. The van der Waals surface area contributed by atoms with Crippen molar-refractivity contribution >= 4 is 21.6 Å². The molecule has 0 saturated heterocycles. The maximum Gasteiger partial charge on any atom is 0.255 e. The lowest BCUT2D eigenvalue weighted by Gasteiger charge is -2.19. The fraction of sp³-hybridized carbons (Fsp3) is 0.200. The lowest BCUT2D eigenvalue weighted by atomic mass is 10.1. The molecule has 0 atom stereocenters. The second-order valence-corrected chi connectivity index (χ2v) is 8.70. The van der Waals surface area contributed by atoms with E-state index >= 15 is 0 Å². The van der Waals surface area contributed by atoms with Crippen LogP contribution in [0.15, 0.2) is 54.7 Å². The van der Waals surface area contributed by atoms with Crippen LogP contribution >= 0.6 is 0 Å². The minimum absolute atomic E-state index is 0.0339. The molecule has 1 amide bonds. The molecule has 2 heterocycles. The van der Waals surface area contributed by atoms with E-state index in [0.29, 0.717) is 29.9 Å². The van der Waals surface area contributed by atoms with Gasteiger partial charge in [-0.25, -0.2) is 12.8 Å². The molecule has 0 fully saturated rings. The largest absolute Gasteiger partial charge is 0.351 e. The molecule has 0 aliphatic carbocycles. The quantitative estimate of drug-likeness (QED) is 0.647. The number of benzene rings is 2. The summed E-state index contributed by atoms with van der Waals surface area (Å²) in [7, 11) is -3.55. The van der Waals surface area contributed by atoms with Gasteiger partial charge < -0.3 is 5.32 Å². The lowest BCUT2D eigenvalue weighted by molar-refractivity contribution is 0.0957. The molecule has 1 aliphatic heterocycles. The summed E-state index contributed by atoms with van der Waals surface area (Å²) in [5.41, 5.74) is 3.02. The Kier molecular flexibility index (Phi) is 5.06. The van der Waals surface area contributed by atoms with E-state index in [0.717, 1.165) is 5.56 Å². The summed E-state index contributed by atoms with van der Waals surface area (Å²) in [5.74, 6) is -1.04. The number of aromatic amines is 1. The number of aromatic nitrogens is 2. The van der Waals surface area contributed by atoms with Gasteiger partial charge in [-0.1, -0.05) is 18.2 Å². The summed E-state index contributed by atoms with van der Waals surface area (Å²) in [6.07, 6.45) is 2.04. The molecule has 150 valence electrons. The molecule has 0 spiro atoms. The van der Waals surface area contributed by atoms with Crippen LogP contribution in [-0.2, 0) is 16.4 Å². The summed E-state index contributed by atoms with van der Waals surface area (Å²) in [6, 6.07) is 13.1. The van der Waals surface area contributed by atoms with Gasteiger partial charge in [0, 0.05) is 18.7 Å². The predicted octanol–water partition coefficient (Wildman–Crippen LogP) is 2.34. The third-order valence-electron chi connectivity index (χ3n) is 4.84. The van der Waals surface area contributed by atoms with Gasteiger partial charge in [0.15, 0.2) is 0 Å². The van der Waals surface area contributed by atoms with Crippen molar-refractivity contribution < 1.29 is 17.6 Å². The Bertz CT molecular complexity index is 1140. The number of carbonyl (C=O) groups excluding carboxylic acids is 1. The summed E-state index contributed by atoms with van der Waals surface area (Å²) < 4.78 is 39.9. The molecular weight excluding hydrogens is 395 g/mol. The molecule has 7 nitrogen and oxygen atoms in total. The highest BCUT2D eigenvalue weighted by atomic mass is 32.2. The molecule has 2 aromatic carbocycles. The zero-order valence-electron chi connectivity index (χ0n) is 15.4. The molecule has 0 unspecified atom stereocenters. The van der Waals surface area contributed by atoms with Gasteiger partial charge in [0.2, 0.25) is 10.0 Å². The number of sulfonamides is 1. The van der Waals surface area contributed by atoms with E-state index in [1.807, 2.05) is 18.2 Å². The first-order chi connectivity index (χ1) is 14.0. The van der Waals surface area contributed by atoms with Crippen LogP contribution in [0.3, 0.4) is 0 Å². The fourth-order valence-corrected chi connectivity index (χ4v) is 4.82. The summed E-state index contributed by atoms with van der Waals surface area (Å²) in [6.45, 7) is 0.375. The molecule has 29 heavy (non-hydrogen) atoms. The average molecular weight is 414 g/mol. The van der Waals surface area contributed by atoms with E-state index in [4.69, 9.17) is 0 Å². The van der Waals surface area contributed by atoms with Gasteiger partial charge in [-0.05, 0) is 42.3 Å². The Morgan fingerprint density at radius 2 is 1.93 bits per heavy atom. The number of nitrogens with one attached hydrogen (secondary N) is 2. The van der Waals surface area contributed by atoms with Crippen LogP contribution in [0.2, 0.25) is 0 Å². The van der Waals surface area contributed by atoms with Crippen molar-refractivity contribution in [3.8, 4) is 11.3 Å². The van der Waals surface area contributed by atoms with Gasteiger partial charge in [0.25, 0.3) is 5.91 Å². The monoisotopic (exact) mass is 414 g/mol. The molecule has 0 saturated carbocycles. The van der Waals surface area contributed by atoms with Crippen LogP contribution in [0.4, 0.5) is 10.1 Å². The fourth-order valence-electron chi connectivity index (χ4n) is 3.39. The van der Waals surface area contributed by atoms with E-state index in [-0.39, 0.29) is 23.7 Å². The summed E-state index contributed by atoms with van der Waals surface area (Å²) >= 11 is 0. The summed E-state index contributed by atoms with van der Waals surface area (Å²) in [4.78, 5) is 12.5. The smallest absolute Gasteiger partial charge is 0.255 e. The number of para-hydroxylation sites is 1. The molecule has 1 aromatic heterocycles. The van der Waals surface area contributed by atoms with Gasteiger partial charge in [0.1, 0.15) is 5.82 Å². The molecule has 0 bridgehead atoms. The number of hydrogen-bond donors (Lipinski definition) is 2. The van der Waals surface area contributed by atoms with Gasteiger partial charge >= 0.3 is 0 Å². The molecule has 9 heteroatoms. The highest BCUT2D eigenvalue weighted by Crippen LogP contribution is 2.29. The molecule has 4 rings (SSSR count). The van der Waals surface area contributed by atoms with Gasteiger partial charge in [0.05, 0.1) is 28.9 Å². The minimum Gasteiger partial charge on any atom is -0.351 e. The Hall–Kier alpha value is -3.20. The average Bonchev–Trinajstić information content (AvgIpc) is 3.36. The molecule has 3 aromatic rings. The maximum absolute atomic E-state index is 13.1. The van der Waals surface area contributed by atoms with Crippen LogP contribution in [0.1, 0.15) is 15.9 Å². The predicted molar refractivity (Wildman–Crippen MR) is 108 cm³/mol. The first kappa shape index (κ1) is 19.1. The normalized spacial score (nSPS) is 13.3. The number of hydrogen-bond acceptors (Lipinski definition) is 4. The van der Waals surface area contributed by atoms with E-state index in [9.17, 15) is 17.6 Å². The van der Waals surface area contributed by atoms with Gasteiger partial charge in [-0.3, -0.25) is 14.2 Å². The number of rotatable bonds is 6. The number of amides is 1. The Morgan fingerprint density at radius 1 is 1.17 bits per heavy atom. The number of fused-ring (bicyclic) bond motifs is 1. The SMILES string of the molecule is O=C(NCCS(=O)(=O)N1CCc2ccccc21)c1cn[nH]c1-c1ccc(F)cc1. The standard InChI is InChI=1S/C20H19FN4O3S/c21-16-7-5-15(6-8-16)19-17(13-23-24-19)20(26)22-10-12-29(27,28)25-11-9-14-3-1-2-4-18(14)25/h1-8,13H,9-12H2,(H,22,26)(H,23,24). The zero-order valence-corrected chi connectivity index (χ0v) is 16.2. The Balaban J connectivity index is 1.41. The summed E-state index contributed by atoms with van der Waals surface area (Å²) in [5, 5.41) is 9.24. The zero-order chi connectivity index (χ0) is 20.4. The van der Waals surface area contributed by atoms with E-state index in [1.165, 1.54) is 34.8 Å². The number of nitrogens with zero attached hydrogens (tertiary/aromatic N) is 2. The van der Waals surface area contributed by atoms with Crippen molar-refractivity contribution in [2.75, 3.05) is 23.1 Å². The third-order valence-corrected chi connectivity index (χ3v) is 6.61. The minimum atomic E-state index is -3.55. The number of halogens is 1. The van der Waals surface area contributed by atoms with Crippen LogP contribution in [-0.4, -0.2) is 43.4 Å². The second-order valence-electron chi connectivity index (χ2n) is 6.69. The van der Waals surface area contributed by atoms with E-state index < -0.39 is 15.9 Å². The first-order valence-corrected chi connectivity index (χ1v) is 10.7. The van der Waals surface area contributed by atoms with Crippen LogP contribution in [0.5, 0.6) is 0 Å². The van der Waals surface area contributed by atoms with Crippen LogP contribution in [0.25, 0.3) is 11.3 Å². The van der Waals surface area contributed by atoms with Crippen molar-refractivity contribution in [3.05, 3.63) is 71.7 Å². The molecular formula is C20H19FN4O3S.